The van der Waals surface area contributed by atoms with Crippen LogP contribution in [0.3, 0.4) is 0 Å². The van der Waals surface area contributed by atoms with E-state index in [9.17, 15) is 18.0 Å². The molecule has 2 N–H and O–H groups in total. The standard InChI is InChI=1S/C14H10F3N5O2/c15-14(16,17)6-18-12(23)8-1-3-9(4-2-8)24-13-10-5-21-22-11(10)19-7-20-13/h1-5,7H,6H2,(H,18,23)(H,19,20,21,22). The molecule has 7 nitrogen and oxygen atoms in total. The second-order valence-corrected chi connectivity index (χ2v) is 4.74. The molecule has 0 radical (unpaired) electrons. The Morgan fingerprint density at radius 1 is 1.21 bits per heavy atom. The summed E-state index contributed by atoms with van der Waals surface area (Å²) in [7, 11) is 0. The molecule has 0 spiro atoms. The van der Waals surface area contributed by atoms with Gasteiger partial charge in [0.1, 0.15) is 24.0 Å². The van der Waals surface area contributed by atoms with Crippen molar-refractivity contribution in [2.75, 3.05) is 6.54 Å². The summed E-state index contributed by atoms with van der Waals surface area (Å²) >= 11 is 0. The van der Waals surface area contributed by atoms with Gasteiger partial charge in [-0.3, -0.25) is 9.89 Å². The molecule has 0 aliphatic heterocycles. The van der Waals surface area contributed by atoms with E-state index in [0.717, 1.165) is 0 Å². The lowest BCUT2D eigenvalue weighted by molar-refractivity contribution is -0.123. The lowest BCUT2D eigenvalue weighted by Gasteiger charge is -2.09. The predicted octanol–water partition coefficient (Wildman–Crippen LogP) is 2.44. The van der Waals surface area contributed by atoms with Crippen LogP contribution in [-0.4, -0.2) is 38.8 Å². The first-order chi connectivity index (χ1) is 11.4. The SMILES string of the molecule is O=C(NCC(F)(F)F)c1ccc(Oc2ncnc3[nH]ncc23)cc1. The Hall–Kier alpha value is -3.17. The molecule has 0 fully saturated rings. The van der Waals surface area contributed by atoms with Crippen molar-refractivity contribution in [2.45, 2.75) is 6.18 Å². The number of amides is 1. The van der Waals surface area contributed by atoms with E-state index in [0.29, 0.717) is 16.8 Å². The quantitative estimate of drug-likeness (QED) is 0.763. The van der Waals surface area contributed by atoms with Crippen molar-refractivity contribution < 1.29 is 22.7 Å². The van der Waals surface area contributed by atoms with Crippen molar-refractivity contribution in [3.05, 3.63) is 42.4 Å². The predicted molar refractivity (Wildman–Crippen MR) is 76.6 cm³/mol. The lowest BCUT2D eigenvalue weighted by atomic mass is 10.2. The molecule has 0 aliphatic rings. The Morgan fingerprint density at radius 3 is 2.67 bits per heavy atom. The van der Waals surface area contributed by atoms with E-state index >= 15 is 0 Å². The number of aromatic amines is 1. The van der Waals surface area contributed by atoms with Crippen LogP contribution in [0.25, 0.3) is 11.0 Å². The number of benzene rings is 1. The number of aromatic nitrogens is 4. The molecular formula is C14H10F3N5O2. The molecule has 24 heavy (non-hydrogen) atoms. The monoisotopic (exact) mass is 337 g/mol. The molecule has 0 aliphatic carbocycles. The Bertz CT molecular complexity index is 861. The number of rotatable bonds is 4. The van der Waals surface area contributed by atoms with E-state index < -0.39 is 18.6 Å². The third-order valence-corrected chi connectivity index (χ3v) is 2.99. The van der Waals surface area contributed by atoms with Crippen LogP contribution >= 0.6 is 0 Å². The molecule has 0 bridgehead atoms. The molecule has 3 rings (SSSR count). The highest BCUT2D eigenvalue weighted by Crippen LogP contribution is 2.25. The lowest BCUT2D eigenvalue weighted by Crippen LogP contribution is -2.33. The minimum atomic E-state index is -4.46. The van der Waals surface area contributed by atoms with Gasteiger partial charge in [0.15, 0.2) is 5.65 Å². The summed E-state index contributed by atoms with van der Waals surface area (Å²) in [5.74, 6) is -0.190. The van der Waals surface area contributed by atoms with Gasteiger partial charge in [0.2, 0.25) is 5.88 Å². The first kappa shape index (κ1) is 15.7. The van der Waals surface area contributed by atoms with Crippen LogP contribution in [0, 0.1) is 0 Å². The van der Waals surface area contributed by atoms with Crippen molar-refractivity contribution in [1.29, 1.82) is 0 Å². The van der Waals surface area contributed by atoms with Gasteiger partial charge in [0, 0.05) is 5.56 Å². The number of hydrogen-bond acceptors (Lipinski definition) is 5. The second-order valence-electron chi connectivity index (χ2n) is 4.74. The normalized spacial score (nSPS) is 11.5. The zero-order valence-electron chi connectivity index (χ0n) is 12.0. The highest BCUT2D eigenvalue weighted by Gasteiger charge is 2.27. The Morgan fingerprint density at radius 2 is 1.96 bits per heavy atom. The van der Waals surface area contributed by atoms with E-state index in [-0.39, 0.29) is 11.4 Å². The first-order valence-corrected chi connectivity index (χ1v) is 6.69. The number of nitrogens with one attached hydrogen (secondary N) is 2. The molecule has 0 atom stereocenters. The van der Waals surface area contributed by atoms with Crippen LogP contribution in [0.5, 0.6) is 11.6 Å². The number of carbonyl (C=O) groups excluding carboxylic acids is 1. The van der Waals surface area contributed by atoms with Crippen molar-refractivity contribution in [3.63, 3.8) is 0 Å². The zero-order chi connectivity index (χ0) is 17.2. The fraction of sp³-hybridized carbons (Fsp3) is 0.143. The van der Waals surface area contributed by atoms with E-state index in [1.54, 1.807) is 5.32 Å². The summed E-state index contributed by atoms with van der Waals surface area (Å²) < 4.78 is 41.8. The Balaban J connectivity index is 1.71. The maximum Gasteiger partial charge on any atom is 0.405 e. The molecular weight excluding hydrogens is 327 g/mol. The molecule has 0 unspecified atom stereocenters. The highest BCUT2D eigenvalue weighted by atomic mass is 19.4. The maximum atomic E-state index is 12.1. The summed E-state index contributed by atoms with van der Waals surface area (Å²) in [6.07, 6.45) is -1.65. The van der Waals surface area contributed by atoms with Crippen molar-refractivity contribution in [3.8, 4) is 11.6 Å². The van der Waals surface area contributed by atoms with E-state index in [2.05, 4.69) is 20.2 Å². The molecule has 2 heterocycles. The Labute approximate surface area is 132 Å². The van der Waals surface area contributed by atoms with Crippen LogP contribution in [0.4, 0.5) is 13.2 Å². The third-order valence-electron chi connectivity index (χ3n) is 2.99. The molecule has 2 aromatic heterocycles. The molecule has 1 amide bonds. The minimum absolute atomic E-state index is 0.0859. The summed E-state index contributed by atoms with van der Waals surface area (Å²) in [6, 6.07) is 5.62. The average molecular weight is 337 g/mol. The first-order valence-electron chi connectivity index (χ1n) is 6.69. The fourth-order valence-electron chi connectivity index (χ4n) is 1.89. The summed E-state index contributed by atoms with van der Waals surface area (Å²) in [5.41, 5.74) is 0.589. The molecule has 0 saturated heterocycles. The molecule has 10 heteroatoms. The number of hydrogen-bond donors (Lipinski definition) is 2. The van der Waals surface area contributed by atoms with Gasteiger partial charge in [-0.2, -0.15) is 18.3 Å². The highest BCUT2D eigenvalue weighted by molar-refractivity contribution is 5.94. The van der Waals surface area contributed by atoms with Gasteiger partial charge in [-0.15, -0.1) is 0 Å². The molecule has 0 saturated carbocycles. The van der Waals surface area contributed by atoms with Crippen LogP contribution in [0.1, 0.15) is 10.4 Å². The van der Waals surface area contributed by atoms with E-state index in [1.807, 2.05) is 0 Å². The third kappa shape index (κ3) is 3.59. The summed E-state index contributed by atoms with van der Waals surface area (Å²) in [5, 5.41) is 8.86. The molecule has 3 aromatic rings. The van der Waals surface area contributed by atoms with Gasteiger partial charge in [-0.1, -0.05) is 0 Å². The zero-order valence-corrected chi connectivity index (χ0v) is 12.0. The van der Waals surface area contributed by atoms with Gasteiger partial charge in [-0.25, -0.2) is 9.97 Å². The van der Waals surface area contributed by atoms with E-state index in [1.165, 1.54) is 36.8 Å². The van der Waals surface area contributed by atoms with Crippen LogP contribution in [0.2, 0.25) is 0 Å². The van der Waals surface area contributed by atoms with Gasteiger partial charge in [0.05, 0.1) is 6.20 Å². The smallest absolute Gasteiger partial charge is 0.405 e. The van der Waals surface area contributed by atoms with E-state index in [4.69, 9.17) is 4.74 Å². The average Bonchev–Trinajstić information content (AvgIpc) is 3.02. The summed E-state index contributed by atoms with van der Waals surface area (Å²) in [4.78, 5) is 19.6. The van der Waals surface area contributed by atoms with Crippen molar-refractivity contribution >= 4 is 16.9 Å². The second kappa shape index (κ2) is 6.14. The number of nitrogens with zero attached hydrogens (tertiary/aromatic N) is 3. The van der Waals surface area contributed by atoms with Crippen LogP contribution in [0.15, 0.2) is 36.8 Å². The van der Waals surface area contributed by atoms with Crippen LogP contribution < -0.4 is 10.1 Å². The number of carbonyl (C=O) groups is 1. The van der Waals surface area contributed by atoms with Gasteiger partial charge in [-0.05, 0) is 24.3 Å². The summed E-state index contributed by atoms with van der Waals surface area (Å²) in [6.45, 7) is -1.39. The molecule has 1 aromatic carbocycles. The van der Waals surface area contributed by atoms with Gasteiger partial charge < -0.3 is 10.1 Å². The minimum Gasteiger partial charge on any atom is -0.438 e. The maximum absolute atomic E-state index is 12.1. The largest absolute Gasteiger partial charge is 0.438 e. The molecule has 124 valence electrons. The van der Waals surface area contributed by atoms with Crippen LogP contribution in [-0.2, 0) is 0 Å². The topological polar surface area (TPSA) is 92.8 Å². The number of alkyl halides is 3. The fourth-order valence-corrected chi connectivity index (χ4v) is 1.89. The Kier molecular flexibility index (Phi) is 4.02. The van der Waals surface area contributed by atoms with Gasteiger partial charge in [0.25, 0.3) is 5.91 Å². The number of fused-ring (bicyclic) bond motifs is 1. The van der Waals surface area contributed by atoms with Crippen molar-refractivity contribution in [1.82, 2.24) is 25.5 Å². The number of ether oxygens (including phenoxy) is 1. The number of H-pyrrole nitrogens is 1. The van der Waals surface area contributed by atoms with Gasteiger partial charge >= 0.3 is 6.18 Å². The van der Waals surface area contributed by atoms with Crippen molar-refractivity contribution in [2.24, 2.45) is 0 Å². The number of halogens is 3.